The van der Waals surface area contributed by atoms with E-state index in [1.807, 2.05) is 23.1 Å². The summed E-state index contributed by atoms with van der Waals surface area (Å²) in [4.78, 5) is 30.3. The van der Waals surface area contributed by atoms with E-state index in [1.54, 1.807) is 12.1 Å². The largest absolute Gasteiger partial charge is 0.480 e. The van der Waals surface area contributed by atoms with E-state index in [4.69, 9.17) is 4.74 Å². The van der Waals surface area contributed by atoms with Crippen molar-refractivity contribution in [1.29, 1.82) is 0 Å². The Morgan fingerprint density at radius 1 is 1.20 bits per heavy atom. The number of nitrogens with zero attached hydrogens (tertiary/aromatic N) is 2. The first kappa shape index (κ1) is 16.8. The van der Waals surface area contributed by atoms with Gasteiger partial charge in [-0.15, -0.1) is 0 Å². The molecule has 2 heterocycles. The molecule has 1 aromatic carbocycles. The van der Waals surface area contributed by atoms with Crippen molar-refractivity contribution in [2.24, 2.45) is 0 Å². The van der Waals surface area contributed by atoms with E-state index < -0.39 is 5.91 Å². The fourth-order valence-corrected chi connectivity index (χ4v) is 2.91. The van der Waals surface area contributed by atoms with Gasteiger partial charge in [-0.2, -0.15) is 0 Å². The fraction of sp³-hybridized carbons (Fsp3) is 0.278. The quantitative estimate of drug-likeness (QED) is 0.820. The predicted octanol–water partition coefficient (Wildman–Crippen LogP) is 1.30. The van der Waals surface area contributed by atoms with Gasteiger partial charge in [0, 0.05) is 18.4 Å². The number of hydrogen-bond donors (Lipinski definition) is 2. The number of carbonyl (C=O) groups is 2. The van der Waals surface area contributed by atoms with Crippen LogP contribution in [-0.2, 0) is 11.2 Å². The maximum Gasteiger partial charge on any atom is 0.275 e. The first-order valence-corrected chi connectivity index (χ1v) is 8.10. The van der Waals surface area contributed by atoms with Gasteiger partial charge in [0.25, 0.3) is 11.8 Å². The summed E-state index contributed by atoms with van der Waals surface area (Å²) < 4.78 is 5.04. The van der Waals surface area contributed by atoms with E-state index in [0.717, 1.165) is 25.1 Å². The van der Waals surface area contributed by atoms with Gasteiger partial charge in [0.15, 0.2) is 0 Å². The van der Waals surface area contributed by atoms with Gasteiger partial charge >= 0.3 is 0 Å². The van der Waals surface area contributed by atoms with Crippen molar-refractivity contribution >= 4 is 17.5 Å². The maximum absolute atomic E-state index is 12.2. The Labute approximate surface area is 146 Å². The minimum absolute atomic E-state index is 0.182. The molecule has 0 saturated heterocycles. The lowest BCUT2D eigenvalue weighted by Crippen LogP contribution is -2.47. The van der Waals surface area contributed by atoms with E-state index >= 15 is 0 Å². The van der Waals surface area contributed by atoms with E-state index in [2.05, 4.69) is 21.9 Å². The highest BCUT2D eigenvalue weighted by atomic mass is 16.5. The summed E-state index contributed by atoms with van der Waals surface area (Å²) in [5.41, 5.74) is 7.42. The summed E-state index contributed by atoms with van der Waals surface area (Å²) in [6, 6.07) is 11.3. The zero-order valence-electron chi connectivity index (χ0n) is 14.0. The summed E-state index contributed by atoms with van der Waals surface area (Å²) in [5.74, 6) is -0.551. The number of aryl methyl sites for hydroxylation is 1. The lowest BCUT2D eigenvalue weighted by atomic mass is 10.0. The molecule has 7 nitrogen and oxygen atoms in total. The lowest BCUT2D eigenvalue weighted by Gasteiger charge is -2.30. The number of hydrazine groups is 1. The van der Waals surface area contributed by atoms with Gasteiger partial charge in [0.05, 0.1) is 13.7 Å². The van der Waals surface area contributed by atoms with E-state index in [9.17, 15) is 9.59 Å². The number of aromatic nitrogens is 1. The molecule has 0 bridgehead atoms. The number of benzene rings is 1. The second-order valence-electron chi connectivity index (χ2n) is 5.72. The van der Waals surface area contributed by atoms with Crippen molar-refractivity contribution in [3.8, 4) is 5.88 Å². The van der Waals surface area contributed by atoms with E-state index in [1.165, 1.54) is 18.9 Å². The summed E-state index contributed by atoms with van der Waals surface area (Å²) in [5, 5.41) is 0. The summed E-state index contributed by atoms with van der Waals surface area (Å²) in [7, 11) is 1.44. The number of anilines is 1. The smallest absolute Gasteiger partial charge is 0.275 e. The molecule has 2 N–H and O–H groups in total. The van der Waals surface area contributed by atoms with Crippen LogP contribution in [0.1, 0.15) is 22.3 Å². The van der Waals surface area contributed by atoms with Crippen molar-refractivity contribution < 1.29 is 14.3 Å². The van der Waals surface area contributed by atoms with E-state index in [-0.39, 0.29) is 23.9 Å². The zero-order valence-corrected chi connectivity index (χ0v) is 14.0. The standard InChI is InChI=1S/C18H20N4O3/c1-25-18-14(8-4-10-19-18)17(24)21-20-16(23)12-22-11-5-7-13-6-2-3-9-15(13)22/h2-4,6,8-10H,5,7,11-12H2,1H3,(H,20,23)(H,21,24). The average Bonchev–Trinajstić information content (AvgIpc) is 2.66. The Kier molecular flexibility index (Phi) is 5.13. The summed E-state index contributed by atoms with van der Waals surface area (Å²) >= 11 is 0. The number of para-hydroxylation sites is 1. The van der Waals surface area contributed by atoms with Crippen LogP contribution in [0, 0.1) is 0 Å². The summed E-state index contributed by atoms with van der Waals surface area (Å²) in [6.07, 6.45) is 3.55. The highest BCUT2D eigenvalue weighted by Gasteiger charge is 2.19. The molecule has 0 atom stereocenters. The minimum atomic E-state index is -0.475. The van der Waals surface area contributed by atoms with Crippen LogP contribution >= 0.6 is 0 Å². The summed E-state index contributed by atoms with van der Waals surface area (Å²) in [6.45, 7) is 0.996. The second-order valence-corrected chi connectivity index (χ2v) is 5.72. The number of pyridine rings is 1. The third kappa shape index (κ3) is 3.88. The van der Waals surface area contributed by atoms with Gasteiger partial charge < -0.3 is 9.64 Å². The zero-order chi connectivity index (χ0) is 17.6. The highest BCUT2D eigenvalue weighted by Crippen LogP contribution is 2.26. The number of nitrogens with one attached hydrogen (secondary N) is 2. The van der Waals surface area contributed by atoms with Gasteiger partial charge in [0.1, 0.15) is 5.56 Å². The first-order chi connectivity index (χ1) is 12.2. The first-order valence-electron chi connectivity index (χ1n) is 8.10. The Morgan fingerprint density at radius 3 is 2.88 bits per heavy atom. The number of hydrogen-bond acceptors (Lipinski definition) is 5. The van der Waals surface area contributed by atoms with Gasteiger partial charge in [-0.1, -0.05) is 18.2 Å². The number of carbonyl (C=O) groups excluding carboxylic acids is 2. The number of fused-ring (bicyclic) bond motifs is 1. The molecule has 0 fully saturated rings. The molecule has 130 valence electrons. The third-order valence-corrected chi connectivity index (χ3v) is 4.07. The van der Waals surface area contributed by atoms with Gasteiger partial charge in [-0.3, -0.25) is 20.4 Å². The molecule has 0 radical (unpaired) electrons. The Bertz CT molecular complexity index is 778. The molecule has 1 aromatic heterocycles. The molecule has 0 aliphatic carbocycles. The molecule has 1 aliphatic heterocycles. The molecule has 0 spiro atoms. The highest BCUT2D eigenvalue weighted by molar-refractivity contribution is 5.97. The van der Waals surface area contributed by atoms with Gasteiger partial charge in [-0.05, 0) is 36.6 Å². The van der Waals surface area contributed by atoms with Crippen LogP contribution in [0.15, 0.2) is 42.6 Å². The van der Waals surface area contributed by atoms with Crippen LogP contribution in [0.4, 0.5) is 5.69 Å². The molecule has 7 heteroatoms. The molecule has 2 amide bonds. The number of ether oxygens (including phenoxy) is 1. The van der Waals surface area contributed by atoms with Crippen LogP contribution in [0.3, 0.4) is 0 Å². The monoisotopic (exact) mass is 340 g/mol. The van der Waals surface area contributed by atoms with Gasteiger partial charge in [-0.25, -0.2) is 4.98 Å². The number of amides is 2. The Balaban J connectivity index is 1.58. The fourth-order valence-electron chi connectivity index (χ4n) is 2.91. The van der Waals surface area contributed by atoms with Crippen molar-refractivity contribution in [3.05, 3.63) is 53.7 Å². The Morgan fingerprint density at radius 2 is 2.04 bits per heavy atom. The molecule has 0 unspecified atom stereocenters. The third-order valence-electron chi connectivity index (χ3n) is 4.07. The SMILES string of the molecule is COc1ncccc1C(=O)NNC(=O)CN1CCCc2ccccc21. The molecular formula is C18H20N4O3. The molecule has 1 aliphatic rings. The van der Waals surface area contributed by atoms with Crippen molar-refractivity contribution in [3.63, 3.8) is 0 Å². The van der Waals surface area contributed by atoms with Crippen LogP contribution in [0.25, 0.3) is 0 Å². The van der Waals surface area contributed by atoms with E-state index in [0.29, 0.717) is 0 Å². The number of methoxy groups -OCH3 is 1. The average molecular weight is 340 g/mol. The van der Waals surface area contributed by atoms with Crippen molar-refractivity contribution in [1.82, 2.24) is 15.8 Å². The molecular weight excluding hydrogens is 320 g/mol. The minimum Gasteiger partial charge on any atom is -0.480 e. The number of rotatable bonds is 4. The van der Waals surface area contributed by atoms with Crippen molar-refractivity contribution in [2.75, 3.05) is 25.1 Å². The molecule has 25 heavy (non-hydrogen) atoms. The molecule has 0 saturated carbocycles. The van der Waals surface area contributed by atoms with Gasteiger partial charge in [0.2, 0.25) is 5.88 Å². The van der Waals surface area contributed by atoms with Crippen molar-refractivity contribution in [2.45, 2.75) is 12.8 Å². The Hall–Kier alpha value is -3.09. The molecule has 3 rings (SSSR count). The van der Waals surface area contributed by atoms with Crippen LogP contribution in [-0.4, -0.2) is 37.0 Å². The normalized spacial score (nSPS) is 12.9. The second kappa shape index (κ2) is 7.65. The van der Waals surface area contributed by atoms with Crippen LogP contribution < -0.4 is 20.5 Å². The lowest BCUT2D eigenvalue weighted by molar-refractivity contribution is -0.120. The van der Waals surface area contributed by atoms with Crippen LogP contribution in [0.5, 0.6) is 5.88 Å². The topological polar surface area (TPSA) is 83.6 Å². The van der Waals surface area contributed by atoms with Crippen LogP contribution in [0.2, 0.25) is 0 Å². The molecule has 2 aromatic rings. The predicted molar refractivity (Wildman–Crippen MR) is 93.4 cm³/mol. The maximum atomic E-state index is 12.2.